The van der Waals surface area contributed by atoms with Crippen molar-refractivity contribution in [3.05, 3.63) is 34.4 Å². The number of hydrogen-bond donors (Lipinski definition) is 1. The van der Waals surface area contributed by atoms with E-state index in [1.54, 1.807) is 12.1 Å². The van der Waals surface area contributed by atoms with Crippen LogP contribution in [-0.2, 0) is 13.0 Å². The van der Waals surface area contributed by atoms with Crippen molar-refractivity contribution in [2.75, 3.05) is 6.79 Å². The molecule has 8 heteroatoms. The summed E-state index contributed by atoms with van der Waals surface area (Å²) in [4.78, 5) is 12.5. The number of aryl methyl sites for hydroxylation is 1. The molecule has 0 bridgehead atoms. The SMILES string of the molecule is C[C@@H](NC(=O)c1cc(Cl)c2c(c1)OCO2)c1nnc2n1CCC2. The summed E-state index contributed by atoms with van der Waals surface area (Å²) in [7, 11) is 0. The summed E-state index contributed by atoms with van der Waals surface area (Å²) in [5.41, 5.74) is 0.423. The summed E-state index contributed by atoms with van der Waals surface area (Å²) < 4.78 is 12.6. The number of aromatic nitrogens is 3. The van der Waals surface area contributed by atoms with Gasteiger partial charge in [0.15, 0.2) is 17.3 Å². The number of fused-ring (bicyclic) bond motifs is 2. The van der Waals surface area contributed by atoms with Crippen molar-refractivity contribution in [2.45, 2.75) is 32.4 Å². The molecule has 0 radical (unpaired) electrons. The fourth-order valence-electron chi connectivity index (χ4n) is 2.94. The van der Waals surface area contributed by atoms with Crippen LogP contribution < -0.4 is 14.8 Å². The molecule has 1 aromatic carbocycles. The Morgan fingerprint density at radius 1 is 1.39 bits per heavy atom. The van der Waals surface area contributed by atoms with E-state index in [4.69, 9.17) is 21.1 Å². The van der Waals surface area contributed by atoms with Crippen molar-refractivity contribution in [3.63, 3.8) is 0 Å². The van der Waals surface area contributed by atoms with Crippen LogP contribution in [0.5, 0.6) is 11.5 Å². The van der Waals surface area contributed by atoms with E-state index < -0.39 is 0 Å². The van der Waals surface area contributed by atoms with Gasteiger partial charge in [0.05, 0.1) is 11.1 Å². The van der Waals surface area contributed by atoms with Gasteiger partial charge in [0.1, 0.15) is 5.82 Å². The highest BCUT2D eigenvalue weighted by Crippen LogP contribution is 2.39. The molecule has 2 aromatic rings. The molecule has 2 aliphatic rings. The first-order valence-electron chi connectivity index (χ1n) is 7.45. The molecule has 1 aromatic heterocycles. The number of carbonyl (C=O) groups excluding carboxylic acids is 1. The van der Waals surface area contributed by atoms with Gasteiger partial charge in [-0.25, -0.2) is 0 Å². The lowest BCUT2D eigenvalue weighted by molar-refractivity contribution is 0.0937. The second kappa shape index (κ2) is 5.42. The number of amides is 1. The third-order valence-corrected chi connectivity index (χ3v) is 4.34. The molecule has 23 heavy (non-hydrogen) atoms. The van der Waals surface area contributed by atoms with Crippen molar-refractivity contribution in [2.24, 2.45) is 0 Å². The van der Waals surface area contributed by atoms with Crippen molar-refractivity contribution in [1.82, 2.24) is 20.1 Å². The summed E-state index contributed by atoms with van der Waals surface area (Å²) in [5, 5.41) is 11.6. The first-order valence-corrected chi connectivity index (χ1v) is 7.83. The lowest BCUT2D eigenvalue weighted by Crippen LogP contribution is -2.28. The van der Waals surface area contributed by atoms with Gasteiger partial charge in [0.25, 0.3) is 5.91 Å². The zero-order valence-corrected chi connectivity index (χ0v) is 13.3. The Bertz CT molecular complexity index is 789. The molecular formula is C15H15ClN4O3. The van der Waals surface area contributed by atoms with Crippen molar-refractivity contribution in [3.8, 4) is 11.5 Å². The summed E-state index contributed by atoms with van der Waals surface area (Å²) in [5.74, 6) is 2.48. The molecule has 0 unspecified atom stereocenters. The zero-order chi connectivity index (χ0) is 16.0. The second-order valence-electron chi connectivity index (χ2n) is 5.62. The Labute approximate surface area is 137 Å². The van der Waals surface area contributed by atoms with Crippen molar-refractivity contribution < 1.29 is 14.3 Å². The number of nitrogens with zero attached hydrogens (tertiary/aromatic N) is 3. The van der Waals surface area contributed by atoms with E-state index in [1.807, 2.05) is 6.92 Å². The van der Waals surface area contributed by atoms with Gasteiger partial charge in [-0.2, -0.15) is 0 Å². The average Bonchev–Trinajstić information content (AvgIpc) is 3.22. The van der Waals surface area contributed by atoms with E-state index in [1.165, 1.54) is 0 Å². The van der Waals surface area contributed by atoms with Crippen LogP contribution >= 0.6 is 11.6 Å². The highest BCUT2D eigenvalue weighted by molar-refractivity contribution is 6.32. The maximum Gasteiger partial charge on any atom is 0.252 e. The van der Waals surface area contributed by atoms with Crippen molar-refractivity contribution >= 4 is 17.5 Å². The summed E-state index contributed by atoms with van der Waals surface area (Å²) in [6.07, 6.45) is 2.00. The number of rotatable bonds is 3. The Balaban J connectivity index is 1.55. The Hall–Kier alpha value is -2.28. The number of halogens is 1. The van der Waals surface area contributed by atoms with E-state index in [9.17, 15) is 4.79 Å². The Morgan fingerprint density at radius 2 is 2.26 bits per heavy atom. The fourth-order valence-corrected chi connectivity index (χ4v) is 3.20. The smallest absolute Gasteiger partial charge is 0.252 e. The third kappa shape index (κ3) is 2.41. The van der Waals surface area contributed by atoms with E-state index in [-0.39, 0.29) is 18.7 Å². The molecule has 0 saturated carbocycles. The van der Waals surface area contributed by atoms with Gasteiger partial charge >= 0.3 is 0 Å². The lowest BCUT2D eigenvalue weighted by Gasteiger charge is -2.14. The highest BCUT2D eigenvalue weighted by atomic mass is 35.5. The molecule has 1 amide bonds. The highest BCUT2D eigenvalue weighted by Gasteiger charge is 2.24. The van der Waals surface area contributed by atoms with Crippen LogP contribution in [0.1, 0.15) is 41.4 Å². The van der Waals surface area contributed by atoms with Crippen LogP contribution in [0.3, 0.4) is 0 Å². The number of nitrogens with one attached hydrogen (secondary N) is 1. The molecule has 120 valence electrons. The van der Waals surface area contributed by atoms with Gasteiger partial charge in [-0.3, -0.25) is 4.79 Å². The van der Waals surface area contributed by atoms with E-state index in [0.717, 1.165) is 31.0 Å². The Kier molecular flexibility index (Phi) is 3.37. The minimum absolute atomic E-state index is 0.114. The minimum Gasteiger partial charge on any atom is -0.454 e. The largest absolute Gasteiger partial charge is 0.454 e. The molecule has 3 heterocycles. The topological polar surface area (TPSA) is 78.3 Å². The van der Waals surface area contributed by atoms with Crippen LogP contribution in [0.4, 0.5) is 0 Å². The van der Waals surface area contributed by atoms with E-state index >= 15 is 0 Å². The summed E-state index contributed by atoms with van der Waals surface area (Å²) in [6, 6.07) is 2.96. The third-order valence-electron chi connectivity index (χ3n) is 4.06. The number of carbonyl (C=O) groups is 1. The first kappa shape index (κ1) is 14.3. The van der Waals surface area contributed by atoms with Crippen LogP contribution in [0, 0.1) is 0 Å². The standard InChI is InChI=1S/C15H15ClN4O3/c1-8(14-19-18-12-3-2-4-20(12)14)17-15(21)9-5-10(16)13-11(6-9)22-7-23-13/h5-6,8H,2-4,7H2,1H3,(H,17,21)/t8-/m1/s1. The first-order chi connectivity index (χ1) is 11.1. The lowest BCUT2D eigenvalue weighted by atomic mass is 10.1. The van der Waals surface area contributed by atoms with Crippen LogP contribution in [0.2, 0.25) is 5.02 Å². The maximum atomic E-state index is 12.5. The van der Waals surface area contributed by atoms with Gasteiger partial charge in [-0.05, 0) is 25.5 Å². The Morgan fingerprint density at radius 3 is 3.13 bits per heavy atom. The number of benzene rings is 1. The second-order valence-corrected chi connectivity index (χ2v) is 6.02. The molecular weight excluding hydrogens is 320 g/mol. The molecule has 1 atom stereocenters. The van der Waals surface area contributed by atoms with Crippen LogP contribution in [-0.4, -0.2) is 27.5 Å². The molecule has 0 spiro atoms. The van der Waals surface area contributed by atoms with Gasteiger partial charge in [-0.1, -0.05) is 11.6 Å². The maximum absolute atomic E-state index is 12.5. The molecule has 0 aliphatic carbocycles. The predicted octanol–water partition coefficient (Wildman–Crippen LogP) is 2.10. The van der Waals surface area contributed by atoms with E-state index in [0.29, 0.717) is 22.1 Å². The molecule has 0 fully saturated rings. The van der Waals surface area contributed by atoms with Crippen molar-refractivity contribution in [1.29, 1.82) is 0 Å². The molecule has 7 nitrogen and oxygen atoms in total. The van der Waals surface area contributed by atoms with Gasteiger partial charge in [-0.15, -0.1) is 10.2 Å². The molecule has 0 saturated heterocycles. The minimum atomic E-state index is -0.244. The van der Waals surface area contributed by atoms with Gasteiger partial charge in [0.2, 0.25) is 6.79 Å². The molecule has 4 rings (SSSR count). The monoisotopic (exact) mass is 334 g/mol. The molecule has 2 aliphatic heterocycles. The zero-order valence-electron chi connectivity index (χ0n) is 12.5. The number of ether oxygens (including phenoxy) is 2. The molecule has 1 N–H and O–H groups in total. The summed E-state index contributed by atoms with van der Waals surface area (Å²) >= 11 is 6.12. The van der Waals surface area contributed by atoms with Crippen LogP contribution in [0.25, 0.3) is 0 Å². The van der Waals surface area contributed by atoms with Gasteiger partial charge in [0, 0.05) is 18.5 Å². The van der Waals surface area contributed by atoms with Crippen LogP contribution in [0.15, 0.2) is 12.1 Å². The number of hydrogen-bond acceptors (Lipinski definition) is 5. The van der Waals surface area contributed by atoms with Gasteiger partial charge < -0.3 is 19.4 Å². The summed E-state index contributed by atoms with van der Waals surface area (Å²) in [6.45, 7) is 2.90. The normalized spacial score (nSPS) is 16.3. The van der Waals surface area contributed by atoms with E-state index in [2.05, 4.69) is 20.1 Å². The quantitative estimate of drug-likeness (QED) is 0.930. The fraction of sp³-hybridized carbons (Fsp3) is 0.400. The average molecular weight is 335 g/mol. The predicted molar refractivity (Wildman–Crippen MR) is 81.8 cm³/mol.